The van der Waals surface area contributed by atoms with Gasteiger partial charge in [0.25, 0.3) is 0 Å². The minimum Gasteiger partial charge on any atom is -0.217 e. The van der Waals surface area contributed by atoms with Crippen LogP contribution in [0, 0.1) is 11.6 Å². The molecule has 3 aromatic carbocycles. The fourth-order valence-corrected chi connectivity index (χ4v) is 3.95. The molecule has 136 valence electrons. The van der Waals surface area contributed by atoms with E-state index in [1.807, 2.05) is 36.4 Å². The number of imidazole rings is 1. The van der Waals surface area contributed by atoms with Gasteiger partial charge in [-0.1, -0.05) is 53.8 Å². The molecule has 5 aromatic rings. The molecule has 0 radical (unpaired) electrons. The largest absolute Gasteiger partial charge is 0.217 e. The van der Waals surface area contributed by atoms with Gasteiger partial charge >= 0.3 is 0 Å². The number of halogens is 2. The van der Waals surface area contributed by atoms with E-state index in [-0.39, 0.29) is 11.6 Å². The standard InChI is InChI=1S/C22H13F2N3S/c23-17-9-6-15(7-10-17)20-13-27-22(25-20)28-21(26-27)16-8-11-18(19(24)12-16)14-4-2-1-3-5-14/h1-13H. The van der Waals surface area contributed by atoms with Crippen LogP contribution >= 0.6 is 11.3 Å². The highest BCUT2D eigenvalue weighted by molar-refractivity contribution is 7.19. The van der Waals surface area contributed by atoms with Crippen molar-refractivity contribution in [3.63, 3.8) is 0 Å². The van der Waals surface area contributed by atoms with E-state index in [4.69, 9.17) is 0 Å². The second-order valence-corrected chi connectivity index (χ2v) is 7.28. The Labute approximate surface area is 163 Å². The van der Waals surface area contributed by atoms with Gasteiger partial charge in [0.05, 0.1) is 11.9 Å². The minimum atomic E-state index is -0.288. The lowest BCUT2D eigenvalue weighted by molar-refractivity contribution is 0.628. The smallest absolute Gasteiger partial charge is 0.213 e. The Hall–Kier alpha value is -3.38. The maximum atomic E-state index is 14.6. The molecule has 28 heavy (non-hydrogen) atoms. The molecule has 0 N–H and O–H groups in total. The molecule has 5 rings (SSSR count). The normalized spacial score (nSPS) is 11.2. The maximum Gasteiger partial charge on any atom is 0.213 e. The summed E-state index contributed by atoms with van der Waals surface area (Å²) in [7, 11) is 0. The van der Waals surface area contributed by atoms with Crippen molar-refractivity contribution < 1.29 is 8.78 Å². The summed E-state index contributed by atoms with van der Waals surface area (Å²) in [4.78, 5) is 5.25. The summed E-state index contributed by atoms with van der Waals surface area (Å²) < 4.78 is 29.4. The molecule has 2 heterocycles. The highest BCUT2D eigenvalue weighted by Gasteiger charge is 2.13. The van der Waals surface area contributed by atoms with Crippen LogP contribution in [0.2, 0.25) is 0 Å². The quantitative estimate of drug-likeness (QED) is 0.375. The highest BCUT2D eigenvalue weighted by atomic mass is 32.1. The fourth-order valence-electron chi connectivity index (χ4n) is 3.08. The lowest BCUT2D eigenvalue weighted by atomic mass is 10.0. The number of hydrogen-bond donors (Lipinski definition) is 0. The summed E-state index contributed by atoms with van der Waals surface area (Å²) in [5.74, 6) is -0.574. The van der Waals surface area contributed by atoms with E-state index in [2.05, 4.69) is 10.1 Å². The molecule has 6 heteroatoms. The zero-order valence-electron chi connectivity index (χ0n) is 14.5. The molecule has 3 nitrogen and oxygen atoms in total. The van der Waals surface area contributed by atoms with Crippen molar-refractivity contribution >= 4 is 16.3 Å². The summed E-state index contributed by atoms with van der Waals surface area (Å²) in [5, 5.41) is 5.21. The Morgan fingerprint density at radius 2 is 1.54 bits per heavy atom. The van der Waals surface area contributed by atoms with Gasteiger partial charge in [-0.3, -0.25) is 0 Å². The van der Waals surface area contributed by atoms with Crippen LogP contribution in [-0.4, -0.2) is 14.6 Å². The SMILES string of the molecule is Fc1ccc(-c2cn3nc(-c4ccc(-c5ccccc5)c(F)c4)sc3n2)cc1. The molecule has 0 bridgehead atoms. The van der Waals surface area contributed by atoms with Crippen LogP contribution in [0.1, 0.15) is 0 Å². The van der Waals surface area contributed by atoms with Crippen LogP contribution in [0.25, 0.3) is 37.9 Å². The molecular formula is C22H13F2N3S. The van der Waals surface area contributed by atoms with E-state index in [0.29, 0.717) is 21.1 Å². The Kier molecular flexibility index (Phi) is 3.98. The van der Waals surface area contributed by atoms with Crippen LogP contribution in [-0.2, 0) is 0 Å². The molecule has 0 fully saturated rings. The van der Waals surface area contributed by atoms with E-state index in [9.17, 15) is 8.78 Å². The van der Waals surface area contributed by atoms with Crippen molar-refractivity contribution in [2.75, 3.05) is 0 Å². The summed E-state index contributed by atoms with van der Waals surface area (Å²) in [5.41, 5.74) is 3.64. The topological polar surface area (TPSA) is 30.2 Å². The molecule has 0 spiro atoms. The summed E-state index contributed by atoms with van der Waals surface area (Å²) in [6.07, 6.45) is 1.79. The number of benzene rings is 3. The van der Waals surface area contributed by atoms with Crippen LogP contribution in [0.5, 0.6) is 0 Å². The van der Waals surface area contributed by atoms with Gasteiger partial charge in [0.15, 0.2) is 0 Å². The Morgan fingerprint density at radius 3 is 2.25 bits per heavy atom. The Morgan fingerprint density at radius 1 is 0.786 bits per heavy atom. The average molecular weight is 389 g/mol. The van der Waals surface area contributed by atoms with E-state index in [0.717, 1.165) is 16.8 Å². The average Bonchev–Trinajstić information content (AvgIpc) is 3.28. The van der Waals surface area contributed by atoms with Gasteiger partial charge in [-0.05, 0) is 35.9 Å². The third kappa shape index (κ3) is 2.97. The Balaban J connectivity index is 1.49. The van der Waals surface area contributed by atoms with Gasteiger partial charge in [0.2, 0.25) is 4.96 Å². The fraction of sp³-hybridized carbons (Fsp3) is 0. The van der Waals surface area contributed by atoms with Gasteiger partial charge in [-0.15, -0.1) is 0 Å². The predicted octanol–water partition coefficient (Wildman–Crippen LogP) is 6.07. The predicted molar refractivity (Wildman–Crippen MR) is 107 cm³/mol. The number of hydrogen-bond acceptors (Lipinski definition) is 3. The summed E-state index contributed by atoms with van der Waals surface area (Å²) in [6.45, 7) is 0. The molecular weight excluding hydrogens is 376 g/mol. The lowest BCUT2D eigenvalue weighted by Crippen LogP contribution is -1.87. The maximum absolute atomic E-state index is 14.6. The van der Waals surface area contributed by atoms with Crippen molar-refractivity contribution in [2.45, 2.75) is 0 Å². The van der Waals surface area contributed by atoms with Crippen LogP contribution in [0.15, 0.2) is 79.0 Å². The van der Waals surface area contributed by atoms with E-state index in [1.54, 1.807) is 28.9 Å². The molecule has 0 aliphatic heterocycles. The van der Waals surface area contributed by atoms with Crippen molar-refractivity contribution in [3.05, 3.63) is 90.6 Å². The second-order valence-electron chi connectivity index (χ2n) is 6.33. The molecule has 0 aliphatic rings. The van der Waals surface area contributed by atoms with Gasteiger partial charge in [0, 0.05) is 16.7 Å². The third-order valence-corrected chi connectivity index (χ3v) is 5.46. The lowest BCUT2D eigenvalue weighted by Gasteiger charge is -2.04. The summed E-state index contributed by atoms with van der Waals surface area (Å²) >= 11 is 1.38. The number of nitrogens with zero attached hydrogens (tertiary/aromatic N) is 3. The van der Waals surface area contributed by atoms with Gasteiger partial charge in [0.1, 0.15) is 16.6 Å². The van der Waals surface area contributed by atoms with Crippen LogP contribution in [0.4, 0.5) is 8.78 Å². The van der Waals surface area contributed by atoms with Crippen LogP contribution in [0.3, 0.4) is 0 Å². The molecule has 0 amide bonds. The van der Waals surface area contributed by atoms with Crippen molar-refractivity contribution in [2.24, 2.45) is 0 Å². The minimum absolute atomic E-state index is 0.286. The number of aromatic nitrogens is 3. The molecule has 0 saturated heterocycles. The van der Waals surface area contributed by atoms with E-state index >= 15 is 0 Å². The van der Waals surface area contributed by atoms with Gasteiger partial charge < -0.3 is 0 Å². The first kappa shape index (κ1) is 16.8. The highest BCUT2D eigenvalue weighted by Crippen LogP contribution is 2.31. The van der Waals surface area contributed by atoms with E-state index < -0.39 is 0 Å². The zero-order valence-corrected chi connectivity index (χ0v) is 15.3. The van der Waals surface area contributed by atoms with Crippen molar-refractivity contribution in [3.8, 4) is 33.0 Å². The first-order valence-electron chi connectivity index (χ1n) is 8.65. The molecule has 0 aliphatic carbocycles. The number of fused-ring (bicyclic) bond motifs is 1. The molecule has 2 aromatic heterocycles. The van der Waals surface area contributed by atoms with E-state index in [1.165, 1.54) is 29.5 Å². The third-order valence-electron chi connectivity index (χ3n) is 4.48. The molecule has 0 atom stereocenters. The second kappa shape index (κ2) is 6.65. The van der Waals surface area contributed by atoms with Gasteiger partial charge in [-0.25, -0.2) is 18.3 Å². The zero-order chi connectivity index (χ0) is 19.1. The van der Waals surface area contributed by atoms with Crippen molar-refractivity contribution in [1.82, 2.24) is 14.6 Å². The first-order chi connectivity index (χ1) is 13.7. The van der Waals surface area contributed by atoms with Gasteiger partial charge in [-0.2, -0.15) is 5.10 Å². The van der Waals surface area contributed by atoms with Crippen molar-refractivity contribution in [1.29, 1.82) is 0 Å². The summed E-state index contributed by atoms with van der Waals surface area (Å²) in [6, 6.07) is 20.7. The number of rotatable bonds is 3. The van der Waals surface area contributed by atoms with Crippen LogP contribution < -0.4 is 0 Å². The first-order valence-corrected chi connectivity index (χ1v) is 9.46. The molecule has 0 saturated carbocycles. The monoisotopic (exact) mass is 389 g/mol. The Bertz CT molecular complexity index is 1240. The molecule has 0 unspecified atom stereocenters.